The number of β-amino-alcohol motifs (C(OH)–C–C–N with tert-alkyl or cyclic N) is 1. The van der Waals surface area contributed by atoms with Crippen LogP contribution in [0.3, 0.4) is 0 Å². The van der Waals surface area contributed by atoms with Gasteiger partial charge in [0.15, 0.2) is 5.76 Å². The lowest BCUT2D eigenvalue weighted by molar-refractivity contribution is -0.143. The van der Waals surface area contributed by atoms with E-state index in [0.29, 0.717) is 38.3 Å². The van der Waals surface area contributed by atoms with Gasteiger partial charge in [-0.15, -0.1) is 0 Å². The zero-order valence-corrected chi connectivity index (χ0v) is 16.6. The molecule has 1 aromatic carbocycles. The van der Waals surface area contributed by atoms with Crippen molar-refractivity contribution in [3.8, 4) is 5.75 Å². The van der Waals surface area contributed by atoms with Gasteiger partial charge in [-0.1, -0.05) is 0 Å². The van der Waals surface area contributed by atoms with Crippen molar-refractivity contribution in [2.24, 2.45) is 0 Å². The van der Waals surface area contributed by atoms with Crippen LogP contribution in [0.25, 0.3) is 0 Å². The molecule has 0 saturated carbocycles. The van der Waals surface area contributed by atoms with Gasteiger partial charge < -0.3 is 19.2 Å². The van der Waals surface area contributed by atoms with Crippen LogP contribution in [-0.2, 0) is 12.4 Å². The first-order valence-electron chi connectivity index (χ1n) is 9.59. The lowest BCUT2D eigenvalue weighted by atomic mass is 10.1. The van der Waals surface area contributed by atoms with E-state index in [-0.39, 0.29) is 24.3 Å². The topological polar surface area (TPSA) is 66.2 Å². The maximum absolute atomic E-state index is 12.9. The third-order valence-electron chi connectivity index (χ3n) is 4.86. The third kappa shape index (κ3) is 6.16. The molecule has 2 heterocycles. The molecule has 1 aromatic heterocycles. The summed E-state index contributed by atoms with van der Waals surface area (Å²) in [7, 11) is 0. The van der Waals surface area contributed by atoms with Crippen molar-refractivity contribution < 1.29 is 45.4 Å². The standard InChI is InChI=1S/C20H20F6N2O4/c21-19(22,23)13-8-14(20(24,25)26)10-16(9-13)32-12-15(29)11-27-3-5-28(6-4-27)18(30)17-2-1-7-31-17/h1-2,7-10,15,29H,3-6,11-12H2/t15-/m1/s1. The smallest absolute Gasteiger partial charge is 0.416 e. The Morgan fingerprint density at radius 2 is 1.62 bits per heavy atom. The monoisotopic (exact) mass is 466 g/mol. The van der Waals surface area contributed by atoms with Gasteiger partial charge in [-0.3, -0.25) is 9.69 Å². The molecule has 32 heavy (non-hydrogen) atoms. The van der Waals surface area contributed by atoms with Crippen LogP contribution < -0.4 is 4.74 Å². The summed E-state index contributed by atoms with van der Waals surface area (Å²) in [4.78, 5) is 15.6. The van der Waals surface area contributed by atoms with Crippen molar-refractivity contribution >= 4 is 5.91 Å². The fourth-order valence-electron chi connectivity index (χ4n) is 3.24. The second kappa shape index (κ2) is 9.41. The predicted molar refractivity (Wildman–Crippen MR) is 99.0 cm³/mol. The average Bonchev–Trinajstić information content (AvgIpc) is 3.26. The molecule has 1 amide bonds. The van der Waals surface area contributed by atoms with Crippen LogP contribution in [0, 0.1) is 0 Å². The number of hydrogen-bond acceptors (Lipinski definition) is 5. The van der Waals surface area contributed by atoms with Gasteiger partial charge in [0.25, 0.3) is 5.91 Å². The Hall–Kier alpha value is -2.73. The number of carbonyl (C=O) groups is 1. The van der Waals surface area contributed by atoms with E-state index in [2.05, 4.69) is 0 Å². The lowest BCUT2D eigenvalue weighted by Crippen LogP contribution is -2.50. The van der Waals surface area contributed by atoms with Crippen molar-refractivity contribution in [2.45, 2.75) is 18.5 Å². The van der Waals surface area contributed by atoms with Crippen LogP contribution in [0.15, 0.2) is 41.0 Å². The number of nitrogens with zero attached hydrogens (tertiary/aromatic N) is 2. The van der Waals surface area contributed by atoms with E-state index >= 15 is 0 Å². The minimum absolute atomic E-state index is 0.00673. The zero-order valence-electron chi connectivity index (χ0n) is 16.6. The Morgan fingerprint density at radius 3 is 2.12 bits per heavy atom. The molecular weight excluding hydrogens is 446 g/mol. The first kappa shape index (κ1) is 23.9. The molecule has 1 fully saturated rings. The van der Waals surface area contributed by atoms with Gasteiger partial charge in [-0.25, -0.2) is 0 Å². The average molecular weight is 466 g/mol. The highest BCUT2D eigenvalue weighted by Gasteiger charge is 2.37. The number of hydrogen-bond donors (Lipinski definition) is 1. The molecule has 0 spiro atoms. The second-order valence-corrected chi connectivity index (χ2v) is 7.28. The molecule has 1 aliphatic rings. The van der Waals surface area contributed by atoms with Crippen LogP contribution in [0.5, 0.6) is 5.75 Å². The third-order valence-corrected chi connectivity index (χ3v) is 4.86. The van der Waals surface area contributed by atoms with Gasteiger partial charge >= 0.3 is 12.4 Å². The van der Waals surface area contributed by atoms with E-state index in [4.69, 9.17) is 9.15 Å². The number of benzene rings is 1. The minimum Gasteiger partial charge on any atom is -0.491 e. The summed E-state index contributed by atoms with van der Waals surface area (Å²) in [5, 5.41) is 10.1. The summed E-state index contributed by atoms with van der Waals surface area (Å²) in [6, 6.07) is 4.07. The minimum atomic E-state index is -4.98. The quantitative estimate of drug-likeness (QED) is 0.661. The Morgan fingerprint density at radius 1 is 1.03 bits per heavy atom. The van der Waals surface area contributed by atoms with Crippen molar-refractivity contribution in [1.82, 2.24) is 9.80 Å². The maximum Gasteiger partial charge on any atom is 0.416 e. The number of halogens is 6. The molecule has 176 valence electrons. The predicted octanol–water partition coefficient (Wildman–Crippen LogP) is 3.51. The van der Waals surface area contributed by atoms with Gasteiger partial charge in [-0.2, -0.15) is 26.3 Å². The normalized spacial score (nSPS) is 16.8. The van der Waals surface area contributed by atoms with Crippen molar-refractivity contribution in [1.29, 1.82) is 0 Å². The largest absolute Gasteiger partial charge is 0.491 e. The molecule has 12 heteroatoms. The summed E-state index contributed by atoms with van der Waals surface area (Å²) < 4.78 is 87.6. The number of amides is 1. The molecule has 0 unspecified atom stereocenters. The fraction of sp³-hybridized carbons (Fsp3) is 0.450. The van der Waals surface area contributed by atoms with E-state index < -0.39 is 41.9 Å². The lowest BCUT2D eigenvalue weighted by Gasteiger charge is -2.35. The van der Waals surface area contributed by atoms with Gasteiger partial charge in [0, 0.05) is 32.7 Å². The highest BCUT2D eigenvalue weighted by Crippen LogP contribution is 2.38. The fourth-order valence-corrected chi connectivity index (χ4v) is 3.24. The summed E-state index contributed by atoms with van der Waals surface area (Å²) >= 11 is 0. The van der Waals surface area contributed by atoms with E-state index in [9.17, 15) is 36.2 Å². The Kier molecular flexibility index (Phi) is 7.03. The maximum atomic E-state index is 12.9. The molecule has 1 N–H and O–H groups in total. The molecule has 2 aromatic rings. The number of aliphatic hydroxyl groups is 1. The number of alkyl halides is 6. The molecule has 1 aliphatic heterocycles. The Balaban J connectivity index is 1.53. The molecule has 1 atom stereocenters. The van der Waals surface area contributed by atoms with Gasteiger partial charge in [0.05, 0.1) is 17.4 Å². The first-order valence-corrected chi connectivity index (χ1v) is 9.59. The van der Waals surface area contributed by atoms with E-state index in [1.165, 1.54) is 6.26 Å². The van der Waals surface area contributed by atoms with Crippen LogP contribution in [0.1, 0.15) is 21.7 Å². The molecule has 3 rings (SSSR count). The van der Waals surface area contributed by atoms with Crippen LogP contribution >= 0.6 is 0 Å². The summed E-state index contributed by atoms with van der Waals surface area (Å²) in [6.45, 7) is 1.17. The summed E-state index contributed by atoms with van der Waals surface area (Å²) in [6.07, 6.45) is -9.73. The van der Waals surface area contributed by atoms with E-state index in [0.717, 1.165) is 0 Å². The second-order valence-electron chi connectivity index (χ2n) is 7.28. The number of rotatable bonds is 6. The van der Waals surface area contributed by atoms with Crippen LogP contribution in [0.4, 0.5) is 26.3 Å². The van der Waals surface area contributed by atoms with Crippen LogP contribution in [0.2, 0.25) is 0 Å². The molecule has 6 nitrogen and oxygen atoms in total. The van der Waals surface area contributed by atoms with Crippen LogP contribution in [-0.4, -0.2) is 66.2 Å². The highest BCUT2D eigenvalue weighted by atomic mass is 19.4. The number of ether oxygens (including phenoxy) is 1. The number of furan rings is 1. The number of piperazine rings is 1. The molecule has 1 saturated heterocycles. The van der Waals surface area contributed by atoms with Crippen molar-refractivity contribution in [3.63, 3.8) is 0 Å². The van der Waals surface area contributed by atoms with Crippen molar-refractivity contribution in [2.75, 3.05) is 39.3 Å². The SMILES string of the molecule is O=C(c1ccco1)N1CCN(C[C@@H](O)COc2cc(C(F)(F)F)cc(C(F)(F)F)c2)CC1. The zero-order chi connectivity index (χ0) is 23.5. The number of carbonyl (C=O) groups excluding carboxylic acids is 1. The van der Waals surface area contributed by atoms with E-state index in [1.54, 1.807) is 17.0 Å². The highest BCUT2D eigenvalue weighted by molar-refractivity contribution is 5.91. The van der Waals surface area contributed by atoms with E-state index in [1.807, 2.05) is 4.90 Å². The van der Waals surface area contributed by atoms with Crippen molar-refractivity contribution in [3.05, 3.63) is 53.5 Å². The summed E-state index contributed by atoms with van der Waals surface area (Å²) in [5.41, 5.74) is -2.98. The molecule has 0 radical (unpaired) electrons. The van der Waals surface area contributed by atoms with Gasteiger partial charge in [0.2, 0.25) is 0 Å². The molecular formula is C20H20F6N2O4. The molecule has 0 aliphatic carbocycles. The Labute approximate surface area is 179 Å². The number of aliphatic hydroxyl groups excluding tert-OH is 1. The Bertz CT molecular complexity index is 874. The first-order chi connectivity index (χ1) is 14.9. The summed E-state index contributed by atoms with van der Waals surface area (Å²) in [5.74, 6) is -0.685. The van der Waals surface area contributed by atoms with Gasteiger partial charge in [0.1, 0.15) is 18.5 Å². The molecule has 0 bridgehead atoms. The van der Waals surface area contributed by atoms with Gasteiger partial charge in [-0.05, 0) is 30.3 Å².